The van der Waals surface area contributed by atoms with E-state index in [1.54, 1.807) is 0 Å². The highest BCUT2D eigenvalue weighted by Crippen LogP contribution is 2.25. The van der Waals surface area contributed by atoms with Crippen molar-refractivity contribution in [2.45, 2.75) is 107 Å². The van der Waals surface area contributed by atoms with Crippen LogP contribution >= 0.6 is 0 Å². The second kappa shape index (κ2) is 21.1. The maximum atomic E-state index is 7.89. The molecule has 5 nitrogen and oxygen atoms in total. The third kappa shape index (κ3) is 10.7. The molecule has 7 heteroatoms. The summed E-state index contributed by atoms with van der Waals surface area (Å²) in [5.41, 5.74) is 4.46. The summed E-state index contributed by atoms with van der Waals surface area (Å²) in [6.45, 7) is 20.0. The predicted octanol–water partition coefficient (Wildman–Crippen LogP) is 8.56. The molecule has 0 saturated heterocycles. The zero-order valence-electron chi connectivity index (χ0n) is 32.5. The van der Waals surface area contributed by atoms with E-state index in [2.05, 4.69) is 128 Å². The zero-order valence-corrected chi connectivity index (χ0v) is 34.5. The van der Waals surface area contributed by atoms with Crippen molar-refractivity contribution >= 4 is 38.8 Å². The predicted molar refractivity (Wildman–Crippen MR) is 217 cm³/mol. The second-order valence-electron chi connectivity index (χ2n) is 13.4. The smallest absolute Gasteiger partial charge is 0.280 e. The third-order valence-electron chi connectivity index (χ3n) is 9.01. The molecular weight excluding hydrogens is 665 g/mol. The van der Waals surface area contributed by atoms with Gasteiger partial charge in [0, 0.05) is 20.7 Å². The molecule has 0 saturated carbocycles. The van der Waals surface area contributed by atoms with Crippen molar-refractivity contribution in [2.75, 3.05) is 26.4 Å². The van der Waals surface area contributed by atoms with Crippen LogP contribution in [0.4, 0.5) is 0 Å². The molecule has 4 aromatic rings. The molecule has 0 fully saturated rings. The monoisotopic (exact) mass is 724 g/mol. The van der Waals surface area contributed by atoms with Gasteiger partial charge in [0.15, 0.2) is 0 Å². The molecule has 2 radical (unpaired) electrons. The van der Waals surface area contributed by atoms with Crippen molar-refractivity contribution in [3.05, 3.63) is 95.1 Å². The fourth-order valence-corrected chi connectivity index (χ4v) is 12.0. The Morgan fingerprint density at radius 1 is 0.373 bits per heavy atom. The summed E-state index contributed by atoms with van der Waals surface area (Å²) in [7, 11) is -3.99. The molecule has 0 aromatic heterocycles. The second-order valence-corrected chi connectivity index (χ2v) is 17.7. The Hall–Kier alpha value is -3.53. The highest BCUT2D eigenvalue weighted by molar-refractivity contribution is 6.93. The largest absolute Gasteiger partial charge is 0.493 e. The van der Waals surface area contributed by atoms with Crippen molar-refractivity contribution < 1.29 is 23.1 Å². The van der Waals surface area contributed by atoms with Gasteiger partial charge in [-0.2, -0.15) is 0 Å². The van der Waals surface area contributed by atoms with Crippen LogP contribution in [0.15, 0.2) is 72.8 Å². The van der Waals surface area contributed by atoms with E-state index in [1.807, 2.05) is 0 Å². The van der Waals surface area contributed by atoms with Gasteiger partial charge in [-0.1, -0.05) is 126 Å². The maximum absolute atomic E-state index is 7.89. The first-order valence-electron chi connectivity index (χ1n) is 19.2. The molecule has 0 heterocycles. The van der Waals surface area contributed by atoms with E-state index >= 15 is 0 Å². The average Bonchev–Trinajstić information content (AvgIpc) is 3.12. The molecule has 0 bridgehead atoms. The van der Waals surface area contributed by atoms with Crippen LogP contribution in [-0.4, -0.2) is 44.5 Å². The van der Waals surface area contributed by atoms with Gasteiger partial charge >= 0.3 is 0 Å². The lowest BCUT2D eigenvalue weighted by molar-refractivity contribution is 0.308. The van der Waals surface area contributed by atoms with Crippen LogP contribution in [0.5, 0.6) is 23.0 Å². The Balaban J connectivity index is 2.02. The lowest BCUT2D eigenvalue weighted by atomic mass is 10.2. The Morgan fingerprint density at radius 3 is 0.824 bits per heavy atom. The number of benzene rings is 4. The summed E-state index contributed by atoms with van der Waals surface area (Å²) in [5, 5.41) is 4.41. The number of ether oxygens (including phenoxy) is 4. The lowest BCUT2D eigenvalue weighted by Crippen LogP contribution is -2.57. The number of hydrogen-bond donors (Lipinski definition) is 0. The molecule has 0 aliphatic heterocycles. The molecule has 0 spiro atoms. The van der Waals surface area contributed by atoms with Crippen LogP contribution in [0.25, 0.3) is 0 Å². The molecule has 51 heavy (non-hydrogen) atoms. The van der Waals surface area contributed by atoms with Gasteiger partial charge in [-0.15, -0.1) is 0 Å². The van der Waals surface area contributed by atoms with E-state index in [0.29, 0.717) is 26.4 Å². The molecule has 0 N–H and O–H groups in total. The van der Waals surface area contributed by atoms with Crippen molar-refractivity contribution in [2.24, 2.45) is 0 Å². The Bertz CT molecular complexity index is 1420. The summed E-state index contributed by atoms with van der Waals surface area (Å²) in [5.74, 6) is 3.70. The first kappa shape index (κ1) is 40.2. The minimum atomic E-state index is -1.99. The van der Waals surface area contributed by atoms with Crippen LogP contribution in [0.3, 0.4) is 0 Å². The highest BCUT2D eigenvalue weighted by Gasteiger charge is 2.36. The molecule has 0 amide bonds. The molecule has 0 aliphatic carbocycles. The van der Waals surface area contributed by atoms with Gasteiger partial charge < -0.3 is 23.1 Å². The van der Waals surface area contributed by atoms with Gasteiger partial charge in [0.2, 0.25) is 0 Å². The topological polar surface area (TPSA) is 46.2 Å². The summed E-state index contributed by atoms with van der Waals surface area (Å²) < 4.78 is 34.5. The van der Waals surface area contributed by atoms with Crippen LogP contribution in [0, 0.1) is 27.7 Å². The summed E-state index contributed by atoms with van der Waals surface area (Å²) >= 11 is 0. The minimum Gasteiger partial charge on any atom is -0.493 e. The van der Waals surface area contributed by atoms with Gasteiger partial charge in [-0.05, 0) is 75.6 Å². The van der Waals surface area contributed by atoms with Crippen molar-refractivity contribution in [3.63, 3.8) is 0 Å². The molecule has 274 valence electrons. The van der Waals surface area contributed by atoms with Crippen LogP contribution in [0.2, 0.25) is 0 Å². The average molecular weight is 725 g/mol. The first-order chi connectivity index (χ1) is 24.9. The number of rotatable bonds is 22. The lowest BCUT2D eigenvalue weighted by Gasteiger charge is -2.29. The summed E-state index contributed by atoms with van der Waals surface area (Å²) in [6.07, 6.45) is 8.24. The van der Waals surface area contributed by atoms with Crippen LogP contribution in [-0.2, 0) is 4.12 Å². The van der Waals surface area contributed by atoms with Gasteiger partial charge in [0.25, 0.3) is 18.1 Å². The van der Waals surface area contributed by atoms with E-state index < -0.39 is 18.1 Å². The molecule has 4 aromatic carbocycles. The third-order valence-corrected chi connectivity index (χ3v) is 14.2. The maximum Gasteiger partial charge on any atom is 0.280 e. The Kier molecular flexibility index (Phi) is 16.7. The van der Waals surface area contributed by atoms with Crippen molar-refractivity contribution in [1.82, 2.24) is 0 Å². The van der Waals surface area contributed by atoms with Gasteiger partial charge in [0.05, 0.1) is 26.4 Å². The normalized spacial score (nSPS) is 11.3. The van der Waals surface area contributed by atoms with Crippen LogP contribution in [0.1, 0.15) is 101 Å². The SMILES string of the molecule is CCCCOc1c(C)cccc1[Si](O[Si](c1cccc(C)c1OCCCC)c1cccc(C)c1OCCCC)c1cccc(C)c1OCCCC. The molecule has 0 atom stereocenters. The minimum absolute atomic E-state index is 0.662. The quantitative estimate of drug-likeness (QED) is 0.0601. The summed E-state index contributed by atoms with van der Waals surface area (Å²) in [6, 6.07) is 26.0. The molecule has 4 rings (SSSR count). The van der Waals surface area contributed by atoms with E-state index in [9.17, 15) is 0 Å². The van der Waals surface area contributed by atoms with Gasteiger partial charge in [-0.3, -0.25) is 0 Å². The fourth-order valence-electron chi connectivity index (χ4n) is 5.98. The number of hydrogen-bond acceptors (Lipinski definition) is 5. The Morgan fingerprint density at radius 2 is 0.608 bits per heavy atom. The van der Waals surface area contributed by atoms with E-state index in [4.69, 9.17) is 23.1 Å². The number of unbranched alkanes of at least 4 members (excludes halogenated alkanes) is 4. The fraction of sp³-hybridized carbons (Fsp3) is 0.455. The number of aryl methyl sites for hydroxylation is 4. The van der Waals surface area contributed by atoms with Crippen molar-refractivity contribution in [1.29, 1.82) is 0 Å². The van der Waals surface area contributed by atoms with E-state index in [-0.39, 0.29) is 0 Å². The highest BCUT2D eigenvalue weighted by atomic mass is 28.4. The van der Waals surface area contributed by atoms with Gasteiger partial charge in [0.1, 0.15) is 23.0 Å². The molecule has 0 unspecified atom stereocenters. The first-order valence-corrected chi connectivity index (χ1v) is 22.0. The zero-order chi connectivity index (χ0) is 36.6. The van der Waals surface area contributed by atoms with Gasteiger partial charge in [-0.25, -0.2) is 0 Å². The van der Waals surface area contributed by atoms with E-state index in [1.165, 1.54) is 0 Å². The standard InChI is InChI=1S/C44H60O5Si2/c1-9-13-29-45-41-33(5)21-17-25-37(41)50(38-26-18-22-34(6)42(38)46-30-14-10-2)49-51(39-27-19-23-35(7)43(39)47-31-15-11-3)40-28-20-24-36(8)44(40)48-32-16-12-4/h17-28H,9-16,29-32H2,1-8H3. The van der Waals surface area contributed by atoms with E-state index in [0.717, 1.165) is 117 Å². The summed E-state index contributed by atoms with van der Waals surface area (Å²) in [4.78, 5) is 0. The molecule has 0 aliphatic rings. The van der Waals surface area contributed by atoms with Crippen LogP contribution < -0.4 is 39.7 Å². The number of para-hydroxylation sites is 4. The van der Waals surface area contributed by atoms with Crippen molar-refractivity contribution in [3.8, 4) is 23.0 Å². The molecular formula is C44H60O5Si2. The Labute approximate surface area is 312 Å².